The lowest BCUT2D eigenvalue weighted by atomic mass is 9.94. The van der Waals surface area contributed by atoms with E-state index in [1.807, 2.05) is 6.07 Å². The maximum absolute atomic E-state index is 6.05. The lowest BCUT2D eigenvalue weighted by Crippen LogP contribution is -2.48. The van der Waals surface area contributed by atoms with Crippen LogP contribution in [0.25, 0.3) is 0 Å². The second-order valence-electron chi connectivity index (χ2n) is 4.54. The van der Waals surface area contributed by atoms with E-state index in [2.05, 4.69) is 17.2 Å². The van der Waals surface area contributed by atoms with Crippen molar-refractivity contribution >= 4 is 11.6 Å². The fourth-order valence-corrected chi connectivity index (χ4v) is 2.12. The van der Waals surface area contributed by atoms with E-state index < -0.39 is 0 Å². The molecule has 1 unspecified atom stereocenters. The summed E-state index contributed by atoms with van der Waals surface area (Å²) in [6.07, 6.45) is 5.71. The van der Waals surface area contributed by atoms with Gasteiger partial charge in [-0.25, -0.2) is 0 Å². The van der Waals surface area contributed by atoms with E-state index in [4.69, 9.17) is 16.3 Å². The molecular formula is C12H17ClN2O. The molecule has 3 nitrogen and oxygen atoms in total. The second-order valence-corrected chi connectivity index (χ2v) is 4.94. The van der Waals surface area contributed by atoms with Crippen LogP contribution in [0.4, 0.5) is 0 Å². The molecule has 88 valence electrons. The minimum Gasteiger partial charge on any atom is -0.380 e. The standard InChI is InChI=1S/C12H17ClN2O/c1-12(4-2-6-16-9-12)15-7-10-3-5-14-8-11(10)13/h3,5,8,15H,2,4,6-7,9H2,1H3. The van der Waals surface area contributed by atoms with Crippen LogP contribution in [-0.4, -0.2) is 23.7 Å². The van der Waals surface area contributed by atoms with Crippen molar-refractivity contribution in [1.29, 1.82) is 0 Å². The van der Waals surface area contributed by atoms with Crippen LogP contribution in [0.1, 0.15) is 25.3 Å². The zero-order chi connectivity index (χ0) is 11.4. The Hall–Kier alpha value is -0.640. The SMILES string of the molecule is CC1(NCc2ccncc2Cl)CCCOC1. The molecule has 1 aliphatic rings. The van der Waals surface area contributed by atoms with Crippen molar-refractivity contribution in [1.82, 2.24) is 10.3 Å². The summed E-state index contributed by atoms with van der Waals surface area (Å²) in [5, 5.41) is 4.24. The van der Waals surface area contributed by atoms with Gasteiger partial charge in [0.2, 0.25) is 0 Å². The van der Waals surface area contributed by atoms with E-state index in [9.17, 15) is 0 Å². The predicted molar refractivity (Wildman–Crippen MR) is 64.5 cm³/mol. The lowest BCUT2D eigenvalue weighted by molar-refractivity contribution is 0.0278. The van der Waals surface area contributed by atoms with Crippen LogP contribution in [0.5, 0.6) is 0 Å². The molecule has 1 aromatic heterocycles. The van der Waals surface area contributed by atoms with E-state index in [0.29, 0.717) is 0 Å². The summed E-state index contributed by atoms with van der Waals surface area (Å²) in [5.41, 5.74) is 1.16. The first-order valence-electron chi connectivity index (χ1n) is 5.61. The molecule has 1 aromatic rings. The van der Waals surface area contributed by atoms with E-state index in [0.717, 1.165) is 43.2 Å². The van der Waals surface area contributed by atoms with Gasteiger partial charge in [0.15, 0.2) is 0 Å². The van der Waals surface area contributed by atoms with Crippen LogP contribution in [-0.2, 0) is 11.3 Å². The monoisotopic (exact) mass is 240 g/mol. The molecule has 2 rings (SSSR count). The Balaban J connectivity index is 1.94. The number of nitrogens with one attached hydrogen (secondary N) is 1. The molecule has 0 saturated carbocycles. The summed E-state index contributed by atoms with van der Waals surface area (Å²) in [6.45, 7) is 4.62. The Morgan fingerprint density at radius 3 is 3.19 bits per heavy atom. The molecule has 1 atom stereocenters. The highest BCUT2D eigenvalue weighted by Crippen LogP contribution is 2.20. The van der Waals surface area contributed by atoms with E-state index >= 15 is 0 Å². The molecule has 2 heterocycles. The summed E-state index contributed by atoms with van der Waals surface area (Å²) >= 11 is 6.05. The molecule has 4 heteroatoms. The van der Waals surface area contributed by atoms with Gasteiger partial charge in [0.1, 0.15) is 0 Å². The largest absolute Gasteiger partial charge is 0.380 e. The normalized spacial score (nSPS) is 25.6. The Kier molecular flexibility index (Phi) is 3.79. The minimum atomic E-state index is 0.0743. The molecule has 0 aromatic carbocycles. The molecule has 0 bridgehead atoms. The zero-order valence-corrected chi connectivity index (χ0v) is 10.3. The fraction of sp³-hybridized carbons (Fsp3) is 0.583. The highest BCUT2D eigenvalue weighted by atomic mass is 35.5. The number of ether oxygens (including phenoxy) is 1. The van der Waals surface area contributed by atoms with Gasteiger partial charge in [0, 0.05) is 31.1 Å². The number of rotatable bonds is 3. The maximum atomic E-state index is 6.05. The Bertz CT molecular complexity index is 351. The van der Waals surface area contributed by atoms with Crippen LogP contribution in [0.2, 0.25) is 5.02 Å². The highest BCUT2D eigenvalue weighted by Gasteiger charge is 2.26. The van der Waals surface area contributed by atoms with Gasteiger partial charge in [0.05, 0.1) is 11.6 Å². The summed E-state index contributed by atoms with van der Waals surface area (Å²) < 4.78 is 5.50. The van der Waals surface area contributed by atoms with Crippen molar-refractivity contribution < 1.29 is 4.74 Å². The van der Waals surface area contributed by atoms with Crippen LogP contribution >= 0.6 is 11.6 Å². The molecule has 0 radical (unpaired) electrons. The van der Waals surface area contributed by atoms with Crippen LogP contribution in [0.15, 0.2) is 18.5 Å². The van der Waals surface area contributed by atoms with Crippen molar-refractivity contribution in [3.8, 4) is 0 Å². The molecule has 0 spiro atoms. The van der Waals surface area contributed by atoms with Crippen LogP contribution in [0, 0.1) is 0 Å². The first-order chi connectivity index (χ1) is 7.70. The van der Waals surface area contributed by atoms with E-state index in [1.165, 1.54) is 0 Å². The molecule has 1 N–H and O–H groups in total. The molecule has 1 fully saturated rings. The fourth-order valence-electron chi connectivity index (χ4n) is 1.93. The van der Waals surface area contributed by atoms with Crippen molar-refractivity contribution in [3.63, 3.8) is 0 Å². The van der Waals surface area contributed by atoms with Gasteiger partial charge < -0.3 is 10.1 Å². The van der Waals surface area contributed by atoms with Crippen LogP contribution < -0.4 is 5.32 Å². The number of nitrogens with zero attached hydrogens (tertiary/aromatic N) is 1. The topological polar surface area (TPSA) is 34.2 Å². The van der Waals surface area contributed by atoms with Gasteiger partial charge in [-0.2, -0.15) is 0 Å². The third-order valence-corrected chi connectivity index (χ3v) is 3.34. The van der Waals surface area contributed by atoms with Gasteiger partial charge >= 0.3 is 0 Å². The van der Waals surface area contributed by atoms with Gasteiger partial charge in [-0.15, -0.1) is 0 Å². The molecule has 1 saturated heterocycles. The van der Waals surface area contributed by atoms with E-state index in [1.54, 1.807) is 12.4 Å². The number of hydrogen-bond donors (Lipinski definition) is 1. The summed E-state index contributed by atoms with van der Waals surface area (Å²) in [4.78, 5) is 3.97. The minimum absolute atomic E-state index is 0.0743. The van der Waals surface area contributed by atoms with Crippen molar-refractivity contribution in [2.75, 3.05) is 13.2 Å². The van der Waals surface area contributed by atoms with E-state index in [-0.39, 0.29) is 5.54 Å². The average Bonchev–Trinajstić information content (AvgIpc) is 2.29. The third kappa shape index (κ3) is 2.94. The van der Waals surface area contributed by atoms with Gasteiger partial charge in [-0.05, 0) is 31.4 Å². The average molecular weight is 241 g/mol. The van der Waals surface area contributed by atoms with Crippen molar-refractivity contribution in [2.24, 2.45) is 0 Å². The predicted octanol–water partition coefficient (Wildman–Crippen LogP) is 2.39. The molecular weight excluding hydrogens is 224 g/mol. The maximum Gasteiger partial charge on any atom is 0.0645 e. The zero-order valence-electron chi connectivity index (χ0n) is 9.50. The smallest absolute Gasteiger partial charge is 0.0645 e. The quantitative estimate of drug-likeness (QED) is 0.881. The molecule has 0 amide bonds. The second kappa shape index (κ2) is 5.13. The van der Waals surface area contributed by atoms with Crippen molar-refractivity contribution in [3.05, 3.63) is 29.0 Å². The van der Waals surface area contributed by atoms with Gasteiger partial charge in [-0.3, -0.25) is 4.98 Å². The van der Waals surface area contributed by atoms with Gasteiger partial charge in [0.25, 0.3) is 0 Å². The Labute approximate surface area is 101 Å². The number of halogens is 1. The summed E-state index contributed by atoms with van der Waals surface area (Å²) in [5.74, 6) is 0. The number of hydrogen-bond acceptors (Lipinski definition) is 3. The van der Waals surface area contributed by atoms with Gasteiger partial charge in [-0.1, -0.05) is 11.6 Å². The van der Waals surface area contributed by atoms with Crippen molar-refractivity contribution in [2.45, 2.75) is 31.8 Å². The number of aromatic nitrogens is 1. The first-order valence-corrected chi connectivity index (χ1v) is 5.99. The molecule has 0 aliphatic carbocycles. The summed E-state index contributed by atoms with van der Waals surface area (Å²) in [6, 6.07) is 1.95. The Morgan fingerprint density at radius 2 is 2.50 bits per heavy atom. The molecule has 16 heavy (non-hydrogen) atoms. The Morgan fingerprint density at radius 1 is 1.62 bits per heavy atom. The van der Waals surface area contributed by atoms with Crippen LogP contribution in [0.3, 0.4) is 0 Å². The lowest BCUT2D eigenvalue weighted by Gasteiger charge is -2.34. The summed E-state index contributed by atoms with van der Waals surface area (Å²) in [7, 11) is 0. The molecule has 1 aliphatic heterocycles. The third-order valence-electron chi connectivity index (χ3n) is 3.00. The highest BCUT2D eigenvalue weighted by molar-refractivity contribution is 6.31. The number of pyridine rings is 1. The first kappa shape index (κ1) is 11.8.